The van der Waals surface area contributed by atoms with Gasteiger partial charge in [-0.1, -0.05) is 17.4 Å². The Labute approximate surface area is 99.4 Å². The summed E-state index contributed by atoms with van der Waals surface area (Å²) in [6, 6.07) is 6.13. The van der Waals surface area contributed by atoms with Crippen LogP contribution in [-0.2, 0) is 0 Å². The molecule has 0 atom stereocenters. The summed E-state index contributed by atoms with van der Waals surface area (Å²) in [5.41, 5.74) is 1.26. The molecule has 0 fully saturated rings. The van der Waals surface area contributed by atoms with E-state index >= 15 is 0 Å². The summed E-state index contributed by atoms with van der Waals surface area (Å²) in [6.45, 7) is 1.82. The number of imidazole rings is 1. The van der Waals surface area contributed by atoms with Crippen LogP contribution in [0.1, 0.15) is 11.4 Å². The van der Waals surface area contributed by atoms with Crippen LogP contribution in [0.15, 0.2) is 17.5 Å². The van der Waals surface area contributed by atoms with Gasteiger partial charge >= 0.3 is 0 Å². The molecule has 3 aromatic rings. The summed E-state index contributed by atoms with van der Waals surface area (Å²) >= 11 is 3.14. The van der Waals surface area contributed by atoms with E-state index in [9.17, 15) is 0 Å². The number of hydrogen-bond donors (Lipinski definition) is 0. The first-order valence-electron chi connectivity index (χ1n) is 4.60. The molecule has 0 saturated carbocycles. The Morgan fingerprint density at radius 2 is 2.38 bits per heavy atom. The van der Waals surface area contributed by atoms with Gasteiger partial charge in [0.15, 0.2) is 10.7 Å². The second kappa shape index (κ2) is 3.40. The molecule has 16 heavy (non-hydrogen) atoms. The van der Waals surface area contributed by atoms with Crippen LogP contribution < -0.4 is 0 Å². The lowest BCUT2D eigenvalue weighted by Crippen LogP contribution is -1.89. The quantitative estimate of drug-likeness (QED) is 0.663. The summed E-state index contributed by atoms with van der Waals surface area (Å²) in [5, 5.41) is 16.3. The highest BCUT2D eigenvalue weighted by Crippen LogP contribution is 2.29. The molecule has 0 radical (unpaired) electrons. The van der Waals surface area contributed by atoms with Gasteiger partial charge in [0.05, 0.1) is 10.6 Å². The van der Waals surface area contributed by atoms with Crippen molar-refractivity contribution in [2.24, 2.45) is 0 Å². The molecular weight excluding hydrogens is 240 g/mol. The van der Waals surface area contributed by atoms with E-state index in [1.54, 1.807) is 15.9 Å². The third-order valence-electron chi connectivity index (χ3n) is 2.22. The van der Waals surface area contributed by atoms with Crippen LogP contribution in [0.5, 0.6) is 0 Å². The highest BCUT2D eigenvalue weighted by Gasteiger charge is 2.14. The summed E-state index contributed by atoms with van der Waals surface area (Å²) in [7, 11) is 0. The van der Waals surface area contributed by atoms with Gasteiger partial charge in [-0.25, -0.2) is 4.98 Å². The zero-order chi connectivity index (χ0) is 11.1. The fourth-order valence-electron chi connectivity index (χ4n) is 1.48. The maximum absolute atomic E-state index is 9.00. The lowest BCUT2D eigenvalue weighted by molar-refractivity contribution is 0.957. The average Bonchev–Trinajstić information content (AvgIpc) is 2.90. The predicted molar refractivity (Wildman–Crippen MR) is 63.6 cm³/mol. The van der Waals surface area contributed by atoms with Crippen molar-refractivity contribution >= 4 is 27.6 Å². The van der Waals surface area contributed by atoms with Crippen molar-refractivity contribution in [2.45, 2.75) is 6.92 Å². The van der Waals surface area contributed by atoms with E-state index in [0.717, 1.165) is 20.5 Å². The van der Waals surface area contributed by atoms with Gasteiger partial charge in [-0.05, 0) is 18.4 Å². The standard InChI is InChI=1S/C10H6N4S2/c1-6-7(5-11)14-10(12-6)16-9(13-14)8-3-2-4-15-8/h2-4H,1H3. The minimum absolute atomic E-state index is 0.522. The van der Waals surface area contributed by atoms with Crippen molar-refractivity contribution in [3.8, 4) is 16.0 Å². The van der Waals surface area contributed by atoms with Gasteiger partial charge in [0.2, 0.25) is 4.96 Å². The largest absolute Gasteiger partial charge is 0.221 e. The van der Waals surface area contributed by atoms with Crippen LogP contribution in [0, 0.1) is 18.3 Å². The first kappa shape index (κ1) is 9.51. The monoisotopic (exact) mass is 246 g/mol. The minimum Gasteiger partial charge on any atom is -0.221 e. The van der Waals surface area contributed by atoms with Crippen LogP contribution in [0.2, 0.25) is 0 Å². The van der Waals surface area contributed by atoms with Crippen molar-refractivity contribution in [3.05, 3.63) is 28.9 Å². The normalized spacial score (nSPS) is 10.8. The molecule has 0 aromatic carbocycles. The molecule has 3 aromatic heterocycles. The summed E-state index contributed by atoms with van der Waals surface area (Å²) in [6.07, 6.45) is 0. The van der Waals surface area contributed by atoms with Crippen LogP contribution >= 0.6 is 22.7 Å². The van der Waals surface area contributed by atoms with E-state index in [4.69, 9.17) is 5.26 Å². The van der Waals surface area contributed by atoms with E-state index in [0.29, 0.717) is 5.69 Å². The van der Waals surface area contributed by atoms with Crippen LogP contribution in [0.25, 0.3) is 14.8 Å². The number of hydrogen-bond acceptors (Lipinski definition) is 5. The Morgan fingerprint density at radius 3 is 3.06 bits per heavy atom. The molecule has 3 heterocycles. The molecule has 0 N–H and O–H groups in total. The Hall–Kier alpha value is -1.71. The zero-order valence-corrected chi connectivity index (χ0v) is 9.97. The predicted octanol–water partition coefficient (Wildman–Crippen LogP) is 2.70. The van der Waals surface area contributed by atoms with Crippen LogP contribution in [-0.4, -0.2) is 14.6 Å². The Bertz CT molecular complexity index is 684. The summed E-state index contributed by atoms with van der Waals surface area (Å²) in [4.78, 5) is 6.20. The Balaban J connectivity index is 2.26. The van der Waals surface area contributed by atoms with Crippen LogP contribution in [0.4, 0.5) is 0 Å². The van der Waals surface area contributed by atoms with E-state index in [2.05, 4.69) is 16.2 Å². The topological polar surface area (TPSA) is 54.0 Å². The smallest absolute Gasteiger partial charge is 0.213 e. The van der Waals surface area contributed by atoms with Gasteiger partial charge < -0.3 is 0 Å². The van der Waals surface area contributed by atoms with Crippen molar-refractivity contribution in [1.82, 2.24) is 14.6 Å². The van der Waals surface area contributed by atoms with Gasteiger partial charge in [-0.15, -0.1) is 11.3 Å². The molecule has 0 saturated heterocycles. The molecule has 0 aliphatic heterocycles. The summed E-state index contributed by atoms with van der Waals surface area (Å²) in [5.74, 6) is 0. The maximum atomic E-state index is 9.00. The number of thiophene rings is 1. The lowest BCUT2D eigenvalue weighted by Gasteiger charge is -1.87. The fraction of sp³-hybridized carbons (Fsp3) is 0.100. The summed E-state index contributed by atoms with van der Waals surface area (Å²) < 4.78 is 1.62. The van der Waals surface area contributed by atoms with E-state index in [1.165, 1.54) is 11.3 Å². The van der Waals surface area contributed by atoms with E-state index < -0.39 is 0 Å². The maximum Gasteiger partial charge on any atom is 0.213 e. The van der Waals surface area contributed by atoms with Gasteiger partial charge in [0.1, 0.15) is 6.07 Å². The number of fused-ring (bicyclic) bond motifs is 1. The average molecular weight is 246 g/mol. The highest BCUT2D eigenvalue weighted by molar-refractivity contribution is 7.23. The lowest BCUT2D eigenvalue weighted by atomic mass is 10.4. The van der Waals surface area contributed by atoms with Crippen LogP contribution in [0.3, 0.4) is 0 Å². The molecule has 4 nitrogen and oxygen atoms in total. The Morgan fingerprint density at radius 1 is 1.50 bits per heavy atom. The number of aryl methyl sites for hydroxylation is 1. The third-order valence-corrected chi connectivity index (χ3v) is 4.16. The molecule has 0 aliphatic carbocycles. The first-order valence-corrected chi connectivity index (χ1v) is 6.29. The minimum atomic E-state index is 0.522. The van der Waals surface area contributed by atoms with Crippen molar-refractivity contribution in [1.29, 1.82) is 5.26 Å². The van der Waals surface area contributed by atoms with E-state index in [-0.39, 0.29) is 0 Å². The number of nitriles is 1. The molecule has 78 valence electrons. The van der Waals surface area contributed by atoms with Gasteiger partial charge in [0.25, 0.3) is 0 Å². The zero-order valence-electron chi connectivity index (χ0n) is 8.34. The van der Waals surface area contributed by atoms with Gasteiger partial charge in [0, 0.05) is 0 Å². The fourth-order valence-corrected chi connectivity index (χ4v) is 3.21. The first-order chi connectivity index (χ1) is 7.79. The SMILES string of the molecule is Cc1nc2sc(-c3cccs3)nn2c1C#N. The number of aromatic nitrogens is 3. The molecular formula is C10H6N4S2. The third kappa shape index (κ3) is 1.26. The molecule has 0 spiro atoms. The van der Waals surface area contributed by atoms with Gasteiger partial charge in [-0.3, -0.25) is 0 Å². The molecule has 0 aliphatic rings. The van der Waals surface area contributed by atoms with Crippen molar-refractivity contribution in [3.63, 3.8) is 0 Å². The second-order valence-electron chi connectivity index (χ2n) is 3.24. The molecule has 0 unspecified atom stereocenters. The van der Waals surface area contributed by atoms with E-state index in [1.807, 2.05) is 24.4 Å². The molecule has 0 amide bonds. The number of rotatable bonds is 1. The van der Waals surface area contributed by atoms with Gasteiger partial charge in [-0.2, -0.15) is 14.9 Å². The second-order valence-corrected chi connectivity index (χ2v) is 5.14. The van der Waals surface area contributed by atoms with Crippen molar-refractivity contribution < 1.29 is 0 Å². The molecule has 0 bridgehead atoms. The highest BCUT2D eigenvalue weighted by atomic mass is 32.1. The number of nitrogens with zero attached hydrogens (tertiary/aromatic N) is 4. The molecule has 6 heteroatoms. The van der Waals surface area contributed by atoms with Crippen molar-refractivity contribution in [2.75, 3.05) is 0 Å². The Kier molecular flexibility index (Phi) is 2.02. The molecule has 3 rings (SSSR count).